The quantitative estimate of drug-likeness (QED) is 0.503. The van der Waals surface area contributed by atoms with Crippen LogP contribution in [0.5, 0.6) is 5.75 Å². The minimum Gasteiger partial charge on any atom is -0.491 e. The molecule has 2 aromatic rings. The molecular weight excluding hydrogens is 302 g/mol. The van der Waals surface area contributed by atoms with Crippen molar-refractivity contribution in [3.05, 3.63) is 48.0 Å². The predicted octanol–water partition coefficient (Wildman–Crippen LogP) is 4.98. The van der Waals surface area contributed by atoms with E-state index in [4.69, 9.17) is 10.5 Å². The van der Waals surface area contributed by atoms with Crippen molar-refractivity contribution in [1.82, 2.24) is 0 Å². The Labute approximate surface area is 143 Å². The molecule has 0 radical (unpaired) electrons. The minimum atomic E-state index is -0.994. The van der Waals surface area contributed by atoms with Crippen molar-refractivity contribution in [3.8, 4) is 16.9 Å². The summed E-state index contributed by atoms with van der Waals surface area (Å²) in [6, 6.07) is 12.5. The summed E-state index contributed by atoms with van der Waals surface area (Å²) in [4.78, 5) is 11.5. The molecule has 4 heteroatoms. The Morgan fingerprint density at radius 1 is 1.04 bits per heavy atom. The van der Waals surface area contributed by atoms with Crippen molar-refractivity contribution in [2.45, 2.75) is 39.0 Å². The fourth-order valence-electron chi connectivity index (χ4n) is 2.71. The molecule has 0 bridgehead atoms. The SMILES string of the molecule is CCCCCCCOc1ccc(C(=O)O)c(-c2ccccc2)c1N. The Morgan fingerprint density at radius 3 is 2.42 bits per heavy atom. The van der Waals surface area contributed by atoms with Crippen LogP contribution in [0.4, 0.5) is 5.69 Å². The van der Waals surface area contributed by atoms with Crippen molar-refractivity contribution >= 4 is 11.7 Å². The van der Waals surface area contributed by atoms with Crippen molar-refractivity contribution in [2.75, 3.05) is 12.3 Å². The van der Waals surface area contributed by atoms with E-state index in [-0.39, 0.29) is 5.56 Å². The number of carboxylic acid groups (broad SMARTS) is 1. The molecule has 128 valence electrons. The Hall–Kier alpha value is -2.49. The van der Waals surface area contributed by atoms with Crippen LogP contribution in [-0.4, -0.2) is 17.7 Å². The van der Waals surface area contributed by atoms with Gasteiger partial charge in [0.2, 0.25) is 0 Å². The van der Waals surface area contributed by atoms with E-state index in [0.717, 1.165) is 18.4 Å². The van der Waals surface area contributed by atoms with Crippen LogP contribution in [0.15, 0.2) is 42.5 Å². The highest BCUT2D eigenvalue weighted by molar-refractivity contribution is 6.01. The molecule has 0 saturated carbocycles. The smallest absolute Gasteiger partial charge is 0.336 e. The van der Waals surface area contributed by atoms with E-state index < -0.39 is 5.97 Å². The van der Waals surface area contributed by atoms with Gasteiger partial charge < -0.3 is 15.6 Å². The van der Waals surface area contributed by atoms with Gasteiger partial charge in [-0.1, -0.05) is 62.9 Å². The van der Waals surface area contributed by atoms with Crippen molar-refractivity contribution in [1.29, 1.82) is 0 Å². The van der Waals surface area contributed by atoms with Gasteiger partial charge in [-0.15, -0.1) is 0 Å². The van der Waals surface area contributed by atoms with Crippen molar-refractivity contribution < 1.29 is 14.6 Å². The Bertz CT molecular complexity index is 668. The van der Waals surface area contributed by atoms with Crippen molar-refractivity contribution in [3.63, 3.8) is 0 Å². The molecule has 0 aliphatic heterocycles. The van der Waals surface area contributed by atoms with Crippen LogP contribution in [0.25, 0.3) is 11.1 Å². The summed E-state index contributed by atoms with van der Waals surface area (Å²) in [7, 11) is 0. The summed E-state index contributed by atoms with van der Waals surface area (Å²) in [6.45, 7) is 2.78. The van der Waals surface area contributed by atoms with Gasteiger partial charge >= 0.3 is 5.97 Å². The Balaban J connectivity index is 2.18. The molecule has 0 saturated heterocycles. The molecule has 2 rings (SSSR count). The van der Waals surface area contributed by atoms with Gasteiger partial charge in [0.1, 0.15) is 5.75 Å². The third kappa shape index (κ3) is 4.51. The first-order chi connectivity index (χ1) is 11.6. The third-order valence-corrected chi connectivity index (χ3v) is 4.00. The van der Waals surface area contributed by atoms with E-state index >= 15 is 0 Å². The zero-order valence-electron chi connectivity index (χ0n) is 14.1. The molecule has 3 N–H and O–H groups in total. The molecule has 0 atom stereocenters. The molecule has 0 aliphatic rings. The van der Waals surface area contributed by atoms with E-state index in [1.54, 1.807) is 12.1 Å². The first kappa shape index (κ1) is 17.9. The molecule has 2 aromatic carbocycles. The standard InChI is InChI=1S/C20H25NO3/c1-2-3-4-5-9-14-24-17-13-12-16(20(22)23)18(19(17)21)15-10-7-6-8-11-15/h6-8,10-13H,2-5,9,14,21H2,1H3,(H,22,23). The molecule has 0 heterocycles. The van der Waals surface area contributed by atoms with Gasteiger partial charge in [0.15, 0.2) is 0 Å². The average Bonchev–Trinajstić information content (AvgIpc) is 2.59. The molecular formula is C20H25NO3. The molecule has 0 spiro atoms. The molecule has 0 amide bonds. The monoisotopic (exact) mass is 327 g/mol. The lowest BCUT2D eigenvalue weighted by molar-refractivity contribution is 0.0697. The Kier molecular flexibility index (Phi) is 6.67. The lowest BCUT2D eigenvalue weighted by atomic mass is 9.97. The van der Waals surface area contributed by atoms with Crippen LogP contribution in [0.2, 0.25) is 0 Å². The first-order valence-corrected chi connectivity index (χ1v) is 8.49. The zero-order valence-corrected chi connectivity index (χ0v) is 14.1. The van der Waals surface area contributed by atoms with Gasteiger partial charge in [0, 0.05) is 5.56 Å². The topological polar surface area (TPSA) is 72.5 Å². The number of unbranched alkanes of at least 4 members (excludes halogenated alkanes) is 4. The highest BCUT2D eigenvalue weighted by Crippen LogP contribution is 2.36. The van der Waals surface area contributed by atoms with E-state index in [0.29, 0.717) is 23.6 Å². The van der Waals surface area contributed by atoms with E-state index in [1.165, 1.54) is 19.3 Å². The molecule has 0 aliphatic carbocycles. The fourth-order valence-corrected chi connectivity index (χ4v) is 2.71. The number of anilines is 1. The summed E-state index contributed by atoms with van der Waals surface area (Å²) in [6.07, 6.45) is 5.77. The number of carbonyl (C=O) groups is 1. The summed E-state index contributed by atoms with van der Waals surface area (Å²) in [5.41, 5.74) is 8.10. The van der Waals surface area contributed by atoms with Gasteiger partial charge in [-0.25, -0.2) is 4.79 Å². The molecule has 24 heavy (non-hydrogen) atoms. The van der Waals surface area contributed by atoms with Crippen LogP contribution in [-0.2, 0) is 0 Å². The number of hydrogen-bond donors (Lipinski definition) is 2. The normalized spacial score (nSPS) is 10.5. The van der Waals surface area contributed by atoms with E-state index in [1.807, 2.05) is 30.3 Å². The van der Waals surface area contributed by atoms with Crippen molar-refractivity contribution in [2.24, 2.45) is 0 Å². The summed E-state index contributed by atoms with van der Waals surface area (Å²) >= 11 is 0. The number of nitrogens with two attached hydrogens (primary N) is 1. The maximum Gasteiger partial charge on any atom is 0.336 e. The van der Waals surface area contributed by atoms with Gasteiger partial charge in [-0.3, -0.25) is 0 Å². The lowest BCUT2D eigenvalue weighted by Crippen LogP contribution is -2.06. The predicted molar refractivity (Wildman–Crippen MR) is 97.5 cm³/mol. The summed E-state index contributed by atoms with van der Waals surface area (Å²) < 4.78 is 5.80. The number of ether oxygens (including phenoxy) is 1. The van der Waals surface area contributed by atoms with E-state index in [9.17, 15) is 9.90 Å². The second kappa shape index (κ2) is 8.96. The van der Waals surface area contributed by atoms with Crippen LogP contribution < -0.4 is 10.5 Å². The molecule has 0 aromatic heterocycles. The van der Waals surface area contributed by atoms with Gasteiger partial charge in [-0.2, -0.15) is 0 Å². The summed E-state index contributed by atoms with van der Waals surface area (Å²) in [5, 5.41) is 9.44. The summed E-state index contributed by atoms with van der Waals surface area (Å²) in [5.74, 6) is -0.444. The highest BCUT2D eigenvalue weighted by atomic mass is 16.5. The van der Waals surface area contributed by atoms with E-state index in [2.05, 4.69) is 6.92 Å². The maximum atomic E-state index is 11.5. The third-order valence-electron chi connectivity index (χ3n) is 4.00. The van der Waals surface area contributed by atoms with Gasteiger partial charge in [-0.05, 0) is 24.1 Å². The number of benzene rings is 2. The van der Waals surface area contributed by atoms with Gasteiger partial charge in [0.25, 0.3) is 0 Å². The number of carboxylic acids is 1. The second-order valence-electron chi connectivity index (χ2n) is 5.83. The molecule has 4 nitrogen and oxygen atoms in total. The number of hydrogen-bond acceptors (Lipinski definition) is 3. The number of rotatable bonds is 9. The first-order valence-electron chi connectivity index (χ1n) is 8.49. The highest BCUT2D eigenvalue weighted by Gasteiger charge is 2.18. The maximum absolute atomic E-state index is 11.5. The zero-order chi connectivity index (χ0) is 17.4. The van der Waals surface area contributed by atoms with Crippen LogP contribution in [0.3, 0.4) is 0 Å². The molecule has 0 fully saturated rings. The number of nitrogen functional groups attached to an aromatic ring is 1. The van der Waals surface area contributed by atoms with Crippen LogP contribution in [0.1, 0.15) is 49.4 Å². The largest absolute Gasteiger partial charge is 0.491 e. The lowest BCUT2D eigenvalue weighted by Gasteiger charge is -2.15. The second-order valence-corrected chi connectivity index (χ2v) is 5.83. The molecule has 0 unspecified atom stereocenters. The Morgan fingerprint density at radius 2 is 1.75 bits per heavy atom. The average molecular weight is 327 g/mol. The number of aromatic carboxylic acids is 1. The minimum absolute atomic E-state index is 0.189. The van der Waals surface area contributed by atoms with Crippen LogP contribution in [0, 0.1) is 0 Å². The van der Waals surface area contributed by atoms with Crippen LogP contribution >= 0.6 is 0 Å². The fraction of sp³-hybridized carbons (Fsp3) is 0.350. The van der Waals surface area contributed by atoms with Gasteiger partial charge in [0.05, 0.1) is 17.9 Å².